The molecule has 0 bridgehead atoms. The van der Waals surface area contributed by atoms with Gasteiger partial charge in [0.25, 0.3) is 0 Å². The number of hydrogen-bond donors (Lipinski definition) is 1. The highest BCUT2D eigenvalue weighted by molar-refractivity contribution is 4.70. The van der Waals surface area contributed by atoms with Crippen LogP contribution in [0.3, 0.4) is 0 Å². The van der Waals surface area contributed by atoms with Gasteiger partial charge < -0.3 is 5.32 Å². The molecule has 86 valence electrons. The zero-order valence-electron chi connectivity index (χ0n) is 9.28. The molecule has 0 aliphatic rings. The van der Waals surface area contributed by atoms with Crippen molar-refractivity contribution in [2.24, 2.45) is 17.8 Å². The summed E-state index contributed by atoms with van der Waals surface area (Å²) in [5, 5.41) is 2.46. The summed E-state index contributed by atoms with van der Waals surface area (Å²) in [6, 6.07) is 0. The van der Waals surface area contributed by atoms with Crippen LogP contribution in [0.1, 0.15) is 27.7 Å². The van der Waals surface area contributed by atoms with Gasteiger partial charge in [-0.1, -0.05) is 27.7 Å². The Labute approximate surface area is 84.1 Å². The van der Waals surface area contributed by atoms with Gasteiger partial charge in [0.1, 0.15) is 0 Å². The van der Waals surface area contributed by atoms with E-state index in [1.165, 1.54) is 0 Å². The first kappa shape index (κ1) is 13.8. The highest BCUT2D eigenvalue weighted by Gasteiger charge is 2.27. The van der Waals surface area contributed by atoms with Crippen molar-refractivity contribution in [3.05, 3.63) is 0 Å². The third kappa shape index (κ3) is 6.24. The van der Waals surface area contributed by atoms with Crippen molar-refractivity contribution >= 4 is 0 Å². The number of nitrogens with one attached hydrogen (secondary N) is 1. The van der Waals surface area contributed by atoms with E-state index >= 15 is 0 Å². The molecule has 0 heterocycles. The van der Waals surface area contributed by atoms with E-state index in [2.05, 4.69) is 5.32 Å². The van der Waals surface area contributed by atoms with Crippen LogP contribution in [-0.2, 0) is 0 Å². The molecule has 0 aromatic carbocycles. The van der Waals surface area contributed by atoms with E-state index < -0.39 is 12.7 Å². The monoisotopic (exact) mass is 211 g/mol. The summed E-state index contributed by atoms with van der Waals surface area (Å²) in [6.07, 6.45) is -4.10. The Balaban J connectivity index is 3.84. The van der Waals surface area contributed by atoms with E-state index in [0.29, 0.717) is 24.3 Å². The SMILES string of the molecule is CC(C)C(CNCC(F)(F)F)C(C)C. The minimum Gasteiger partial charge on any atom is -0.308 e. The van der Waals surface area contributed by atoms with Crippen LogP contribution in [0.25, 0.3) is 0 Å². The van der Waals surface area contributed by atoms with Crippen molar-refractivity contribution < 1.29 is 13.2 Å². The minimum atomic E-state index is -4.10. The van der Waals surface area contributed by atoms with Crippen LogP contribution in [0.2, 0.25) is 0 Å². The van der Waals surface area contributed by atoms with Crippen molar-refractivity contribution in [1.82, 2.24) is 5.32 Å². The molecule has 0 saturated heterocycles. The molecule has 0 spiro atoms. The van der Waals surface area contributed by atoms with Crippen LogP contribution in [0, 0.1) is 17.8 Å². The highest BCUT2D eigenvalue weighted by Crippen LogP contribution is 2.20. The van der Waals surface area contributed by atoms with Gasteiger partial charge in [-0.05, 0) is 24.3 Å². The van der Waals surface area contributed by atoms with Crippen LogP contribution < -0.4 is 5.32 Å². The molecule has 4 heteroatoms. The molecule has 0 aromatic heterocycles. The summed E-state index contributed by atoms with van der Waals surface area (Å²) in [6.45, 7) is 7.72. The molecular weight excluding hydrogens is 191 g/mol. The van der Waals surface area contributed by atoms with Crippen molar-refractivity contribution in [2.45, 2.75) is 33.9 Å². The summed E-state index contributed by atoms with van der Waals surface area (Å²) in [7, 11) is 0. The van der Waals surface area contributed by atoms with Crippen LogP contribution in [-0.4, -0.2) is 19.3 Å². The molecule has 0 aliphatic heterocycles. The number of rotatable bonds is 5. The molecule has 0 aromatic rings. The second-order valence-electron chi connectivity index (χ2n) is 4.40. The largest absolute Gasteiger partial charge is 0.401 e. The summed E-state index contributed by atoms with van der Waals surface area (Å²) in [4.78, 5) is 0. The third-order valence-corrected chi connectivity index (χ3v) is 2.42. The Kier molecular flexibility index (Phi) is 5.49. The van der Waals surface area contributed by atoms with Gasteiger partial charge in [-0.2, -0.15) is 13.2 Å². The number of hydrogen-bond acceptors (Lipinski definition) is 1. The molecule has 0 fully saturated rings. The van der Waals surface area contributed by atoms with Crippen molar-refractivity contribution in [3.8, 4) is 0 Å². The Morgan fingerprint density at radius 3 is 1.71 bits per heavy atom. The van der Waals surface area contributed by atoms with Gasteiger partial charge in [0, 0.05) is 0 Å². The molecule has 0 unspecified atom stereocenters. The Morgan fingerprint density at radius 1 is 1.00 bits per heavy atom. The van der Waals surface area contributed by atoms with Crippen molar-refractivity contribution in [3.63, 3.8) is 0 Å². The van der Waals surface area contributed by atoms with Gasteiger partial charge in [0.2, 0.25) is 0 Å². The normalized spacial score (nSPS) is 13.3. The summed E-state index contributed by atoms with van der Waals surface area (Å²) in [5.74, 6) is 1.13. The topological polar surface area (TPSA) is 12.0 Å². The molecule has 0 amide bonds. The van der Waals surface area contributed by atoms with Gasteiger partial charge in [0.15, 0.2) is 0 Å². The van der Waals surface area contributed by atoms with Crippen LogP contribution in [0.4, 0.5) is 13.2 Å². The van der Waals surface area contributed by atoms with Gasteiger partial charge in [-0.15, -0.1) is 0 Å². The Morgan fingerprint density at radius 2 is 1.43 bits per heavy atom. The Bertz CT molecular complexity index is 144. The Hall–Kier alpha value is -0.250. The lowest BCUT2D eigenvalue weighted by atomic mass is 9.85. The fourth-order valence-electron chi connectivity index (χ4n) is 1.62. The first-order valence-electron chi connectivity index (χ1n) is 5.01. The van der Waals surface area contributed by atoms with Gasteiger partial charge in [-0.3, -0.25) is 0 Å². The zero-order valence-corrected chi connectivity index (χ0v) is 9.28. The smallest absolute Gasteiger partial charge is 0.308 e. The van der Waals surface area contributed by atoms with E-state index in [9.17, 15) is 13.2 Å². The summed E-state index contributed by atoms with van der Waals surface area (Å²) >= 11 is 0. The maximum absolute atomic E-state index is 11.8. The van der Waals surface area contributed by atoms with E-state index in [1.807, 2.05) is 27.7 Å². The maximum Gasteiger partial charge on any atom is 0.401 e. The van der Waals surface area contributed by atoms with Gasteiger partial charge in [-0.25, -0.2) is 0 Å². The number of halogens is 3. The molecule has 0 saturated carbocycles. The maximum atomic E-state index is 11.8. The molecule has 0 aliphatic carbocycles. The van der Waals surface area contributed by atoms with E-state index in [1.54, 1.807) is 0 Å². The summed E-state index contributed by atoms with van der Waals surface area (Å²) in [5.41, 5.74) is 0. The third-order valence-electron chi connectivity index (χ3n) is 2.42. The molecule has 0 atom stereocenters. The zero-order chi connectivity index (χ0) is 11.4. The minimum absolute atomic E-state index is 0.303. The fraction of sp³-hybridized carbons (Fsp3) is 1.00. The quantitative estimate of drug-likeness (QED) is 0.737. The lowest BCUT2D eigenvalue weighted by molar-refractivity contribution is -0.125. The second kappa shape index (κ2) is 5.59. The van der Waals surface area contributed by atoms with E-state index in [0.717, 1.165) is 0 Å². The molecule has 14 heavy (non-hydrogen) atoms. The fourth-order valence-corrected chi connectivity index (χ4v) is 1.62. The average molecular weight is 211 g/mol. The first-order valence-corrected chi connectivity index (χ1v) is 5.01. The number of alkyl halides is 3. The van der Waals surface area contributed by atoms with Gasteiger partial charge in [0.05, 0.1) is 6.54 Å². The van der Waals surface area contributed by atoms with Crippen molar-refractivity contribution in [2.75, 3.05) is 13.1 Å². The van der Waals surface area contributed by atoms with Crippen LogP contribution in [0.15, 0.2) is 0 Å². The second-order valence-corrected chi connectivity index (χ2v) is 4.40. The molecular formula is C10H20F3N. The van der Waals surface area contributed by atoms with E-state index in [-0.39, 0.29) is 0 Å². The standard InChI is InChI=1S/C10H20F3N/c1-7(2)9(8(3)4)5-14-6-10(11,12)13/h7-9,14H,5-6H2,1-4H3. The molecule has 0 rings (SSSR count). The first-order chi connectivity index (χ1) is 6.24. The lowest BCUT2D eigenvalue weighted by Gasteiger charge is -2.25. The van der Waals surface area contributed by atoms with Gasteiger partial charge >= 0.3 is 6.18 Å². The molecule has 0 radical (unpaired) electrons. The predicted molar refractivity (Wildman–Crippen MR) is 52.1 cm³/mol. The van der Waals surface area contributed by atoms with Crippen LogP contribution in [0.5, 0.6) is 0 Å². The average Bonchev–Trinajstić information content (AvgIpc) is 1.94. The highest BCUT2D eigenvalue weighted by atomic mass is 19.4. The predicted octanol–water partition coefficient (Wildman–Crippen LogP) is 3.07. The summed E-state index contributed by atoms with van der Waals surface area (Å²) < 4.78 is 35.5. The van der Waals surface area contributed by atoms with E-state index in [4.69, 9.17) is 0 Å². The molecule has 1 N–H and O–H groups in total. The lowest BCUT2D eigenvalue weighted by Crippen LogP contribution is -2.35. The van der Waals surface area contributed by atoms with Crippen molar-refractivity contribution in [1.29, 1.82) is 0 Å². The molecule has 1 nitrogen and oxygen atoms in total. The van der Waals surface area contributed by atoms with Crippen LogP contribution >= 0.6 is 0 Å².